The SMILES string of the molecule is CC(C)c1ccc(C=CCNC(=O)OCc2ccccc2)cc1. The Hall–Kier alpha value is -2.55. The van der Waals surface area contributed by atoms with Crippen molar-refractivity contribution in [2.24, 2.45) is 0 Å². The Labute approximate surface area is 138 Å². The van der Waals surface area contributed by atoms with Crippen LogP contribution in [0.2, 0.25) is 0 Å². The Morgan fingerprint density at radius 3 is 2.43 bits per heavy atom. The van der Waals surface area contributed by atoms with Crippen molar-refractivity contribution in [2.45, 2.75) is 26.4 Å². The van der Waals surface area contributed by atoms with Gasteiger partial charge in [-0.1, -0.05) is 80.6 Å². The van der Waals surface area contributed by atoms with E-state index in [1.54, 1.807) is 0 Å². The molecule has 0 aliphatic heterocycles. The lowest BCUT2D eigenvalue weighted by Gasteiger charge is -2.06. The van der Waals surface area contributed by atoms with Crippen molar-refractivity contribution in [1.29, 1.82) is 0 Å². The molecule has 0 fully saturated rings. The van der Waals surface area contributed by atoms with Crippen LogP contribution in [0.3, 0.4) is 0 Å². The normalized spacial score (nSPS) is 10.9. The molecule has 0 aliphatic carbocycles. The largest absolute Gasteiger partial charge is 0.445 e. The highest BCUT2D eigenvalue weighted by molar-refractivity contribution is 5.67. The van der Waals surface area contributed by atoms with E-state index in [9.17, 15) is 4.79 Å². The molecule has 0 saturated heterocycles. The van der Waals surface area contributed by atoms with Crippen molar-refractivity contribution in [3.63, 3.8) is 0 Å². The zero-order valence-corrected chi connectivity index (χ0v) is 13.7. The summed E-state index contributed by atoms with van der Waals surface area (Å²) >= 11 is 0. The molecule has 23 heavy (non-hydrogen) atoms. The second kappa shape index (κ2) is 8.79. The smallest absolute Gasteiger partial charge is 0.407 e. The number of nitrogens with one attached hydrogen (secondary N) is 1. The van der Waals surface area contributed by atoms with Gasteiger partial charge in [-0.05, 0) is 22.6 Å². The van der Waals surface area contributed by atoms with Crippen molar-refractivity contribution in [1.82, 2.24) is 5.32 Å². The summed E-state index contributed by atoms with van der Waals surface area (Å²) in [7, 11) is 0. The maximum Gasteiger partial charge on any atom is 0.407 e. The lowest BCUT2D eigenvalue weighted by atomic mass is 10.0. The molecule has 1 N–H and O–H groups in total. The molecule has 3 nitrogen and oxygen atoms in total. The van der Waals surface area contributed by atoms with E-state index in [1.165, 1.54) is 5.56 Å². The van der Waals surface area contributed by atoms with E-state index in [-0.39, 0.29) is 6.61 Å². The average molecular weight is 309 g/mol. The van der Waals surface area contributed by atoms with Crippen molar-refractivity contribution >= 4 is 12.2 Å². The molecule has 2 aromatic rings. The van der Waals surface area contributed by atoms with Crippen LogP contribution >= 0.6 is 0 Å². The van der Waals surface area contributed by atoms with Gasteiger partial charge in [-0.2, -0.15) is 0 Å². The summed E-state index contributed by atoms with van der Waals surface area (Å²) < 4.78 is 5.14. The fraction of sp³-hybridized carbons (Fsp3) is 0.250. The molecule has 0 aromatic heterocycles. The average Bonchev–Trinajstić information content (AvgIpc) is 2.58. The van der Waals surface area contributed by atoms with Gasteiger partial charge in [-0.3, -0.25) is 0 Å². The van der Waals surface area contributed by atoms with Gasteiger partial charge in [0.05, 0.1) is 0 Å². The number of carbonyl (C=O) groups is 1. The molecule has 0 spiro atoms. The van der Waals surface area contributed by atoms with Gasteiger partial charge in [-0.25, -0.2) is 4.79 Å². The predicted octanol–water partition coefficient (Wildman–Crippen LogP) is 4.75. The minimum Gasteiger partial charge on any atom is -0.445 e. The number of amides is 1. The number of alkyl carbamates (subject to hydrolysis) is 1. The molecule has 3 heteroatoms. The molecule has 0 unspecified atom stereocenters. The fourth-order valence-corrected chi connectivity index (χ4v) is 2.10. The highest BCUT2D eigenvalue weighted by atomic mass is 16.5. The van der Waals surface area contributed by atoms with Gasteiger partial charge < -0.3 is 10.1 Å². The van der Waals surface area contributed by atoms with E-state index in [0.717, 1.165) is 11.1 Å². The fourth-order valence-electron chi connectivity index (χ4n) is 2.10. The summed E-state index contributed by atoms with van der Waals surface area (Å²) in [5.41, 5.74) is 3.42. The molecule has 0 aliphatic rings. The molecule has 0 saturated carbocycles. The van der Waals surface area contributed by atoms with E-state index in [1.807, 2.05) is 42.5 Å². The van der Waals surface area contributed by atoms with E-state index >= 15 is 0 Å². The molecule has 2 aromatic carbocycles. The molecular weight excluding hydrogens is 286 g/mol. The topological polar surface area (TPSA) is 38.3 Å². The second-order valence-electron chi connectivity index (χ2n) is 5.67. The molecule has 120 valence electrons. The first kappa shape index (κ1) is 16.8. The monoisotopic (exact) mass is 309 g/mol. The molecule has 0 bridgehead atoms. The number of rotatable bonds is 6. The van der Waals surface area contributed by atoms with Crippen molar-refractivity contribution in [3.8, 4) is 0 Å². The van der Waals surface area contributed by atoms with E-state index < -0.39 is 6.09 Å². The van der Waals surface area contributed by atoms with Gasteiger partial charge in [0, 0.05) is 6.54 Å². The highest BCUT2D eigenvalue weighted by Gasteiger charge is 2.00. The maximum absolute atomic E-state index is 11.6. The number of benzene rings is 2. The first-order valence-corrected chi connectivity index (χ1v) is 7.86. The van der Waals surface area contributed by atoms with Crippen LogP contribution in [0.25, 0.3) is 6.08 Å². The summed E-state index contributed by atoms with van der Waals surface area (Å²) in [4.78, 5) is 11.6. The minimum absolute atomic E-state index is 0.285. The molecule has 0 atom stereocenters. The van der Waals surface area contributed by atoms with E-state index in [0.29, 0.717) is 12.5 Å². The Balaban J connectivity index is 1.70. The Bertz CT molecular complexity index is 630. The van der Waals surface area contributed by atoms with Gasteiger partial charge in [0.25, 0.3) is 0 Å². The molecule has 0 radical (unpaired) electrons. The summed E-state index contributed by atoms with van der Waals surface area (Å²) in [6, 6.07) is 18.1. The first-order chi connectivity index (χ1) is 11.1. The van der Waals surface area contributed by atoms with Crippen LogP contribution in [0.4, 0.5) is 4.79 Å². The second-order valence-corrected chi connectivity index (χ2v) is 5.67. The predicted molar refractivity (Wildman–Crippen MR) is 94.2 cm³/mol. The van der Waals surface area contributed by atoms with Gasteiger partial charge >= 0.3 is 6.09 Å². The molecule has 0 heterocycles. The summed E-state index contributed by atoms with van der Waals surface area (Å²) in [6.07, 6.45) is 3.49. The van der Waals surface area contributed by atoms with E-state index in [4.69, 9.17) is 4.74 Å². The Morgan fingerprint density at radius 2 is 1.78 bits per heavy atom. The first-order valence-electron chi connectivity index (χ1n) is 7.86. The third-order valence-corrected chi connectivity index (χ3v) is 3.49. The molecular formula is C20H23NO2. The van der Waals surface area contributed by atoms with Crippen LogP contribution in [0.1, 0.15) is 36.5 Å². The number of hydrogen-bond acceptors (Lipinski definition) is 2. The standard InChI is InChI=1S/C20H23NO2/c1-16(2)19-12-10-17(11-13-19)9-6-14-21-20(22)23-15-18-7-4-3-5-8-18/h3-13,16H,14-15H2,1-2H3,(H,21,22). The maximum atomic E-state index is 11.6. The van der Waals surface area contributed by atoms with Gasteiger partial charge in [0.15, 0.2) is 0 Å². The number of hydrogen-bond donors (Lipinski definition) is 1. The van der Waals surface area contributed by atoms with Crippen LogP contribution < -0.4 is 5.32 Å². The summed E-state index contributed by atoms with van der Waals surface area (Å²) in [5.74, 6) is 0.536. The van der Waals surface area contributed by atoms with Gasteiger partial charge in [0.2, 0.25) is 0 Å². The lowest BCUT2D eigenvalue weighted by molar-refractivity contribution is 0.141. The van der Waals surface area contributed by atoms with Crippen LogP contribution in [0.5, 0.6) is 0 Å². The quantitative estimate of drug-likeness (QED) is 0.836. The Morgan fingerprint density at radius 1 is 1.09 bits per heavy atom. The third kappa shape index (κ3) is 5.99. The lowest BCUT2D eigenvalue weighted by Crippen LogP contribution is -2.24. The van der Waals surface area contributed by atoms with Gasteiger partial charge in [0.1, 0.15) is 6.61 Å². The van der Waals surface area contributed by atoms with Gasteiger partial charge in [-0.15, -0.1) is 0 Å². The number of ether oxygens (including phenoxy) is 1. The zero-order chi connectivity index (χ0) is 16.5. The Kier molecular flexibility index (Phi) is 6.42. The van der Waals surface area contributed by atoms with Crippen LogP contribution in [0, 0.1) is 0 Å². The van der Waals surface area contributed by atoms with Crippen LogP contribution in [0.15, 0.2) is 60.7 Å². The van der Waals surface area contributed by atoms with Crippen LogP contribution in [-0.2, 0) is 11.3 Å². The number of carbonyl (C=O) groups excluding carboxylic acids is 1. The summed E-state index contributed by atoms with van der Waals surface area (Å²) in [5, 5.41) is 2.70. The van der Waals surface area contributed by atoms with Crippen molar-refractivity contribution in [3.05, 3.63) is 77.4 Å². The van der Waals surface area contributed by atoms with Crippen molar-refractivity contribution in [2.75, 3.05) is 6.54 Å². The van der Waals surface area contributed by atoms with Crippen LogP contribution in [-0.4, -0.2) is 12.6 Å². The molecule has 2 rings (SSSR count). The minimum atomic E-state index is -0.409. The zero-order valence-electron chi connectivity index (χ0n) is 13.7. The van der Waals surface area contributed by atoms with Crippen molar-refractivity contribution < 1.29 is 9.53 Å². The highest BCUT2D eigenvalue weighted by Crippen LogP contribution is 2.15. The third-order valence-electron chi connectivity index (χ3n) is 3.49. The summed E-state index contributed by atoms with van der Waals surface area (Å²) in [6.45, 7) is 5.08. The van der Waals surface area contributed by atoms with E-state index in [2.05, 4.69) is 43.4 Å². The molecule has 1 amide bonds.